The third-order valence-corrected chi connectivity index (χ3v) is 6.58. The number of anilines is 1. The molecule has 0 aliphatic rings. The number of hydrogen-bond donors (Lipinski definition) is 1. The normalized spacial score (nSPS) is 11.5. The Labute approximate surface area is 202 Å². The first-order chi connectivity index (χ1) is 16.0. The minimum Gasteiger partial charge on any atom is -0.383 e. The summed E-state index contributed by atoms with van der Waals surface area (Å²) in [6.07, 6.45) is 2.09. The Kier molecular flexibility index (Phi) is 5.59. The molecule has 0 unspecified atom stereocenters. The number of fused-ring (bicyclic) bond motifs is 2. The average molecular weight is 525 g/mol. The van der Waals surface area contributed by atoms with Crippen LogP contribution in [0.3, 0.4) is 0 Å². The van der Waals surface area contributed by atoms with Crippen molar-refractivity contribution in [3.8, 4) is 0 Å². The summed E-state index contributed by atoms with van der Waals surface area (Å²) >= 11 is 9.91. The van der Waals surface area contributed by atoms with Gasteiger partial charge in [-0.25, -0.2) is 19.6 Å². The Hall–Kier alpha value is -3.30. The lowest BCUT2D eigenvalue weighted by Crippen LogP contribution is -2.28. The summed E-state index contributed by atoms with van der Waals surface area (Å²) in [6.45, 7) is 2.50. The summed E-state index contributed by atoms with van der Waals surface area (Å²) in [7, 11) is 0. The van der Waals surface area contributed by atoms with Crippen molar-refractivity contribution in [2.24, 2.45) is 0 Å². The van der Waals surface area contributed by atoms with Gasteiger partial charge in [-0.2, -0.15) is 5.10 Å². The molecule has 8 nitrogen and oxygen atoms in total. The van der Waals surface area contributed by atoms with Gasteiger partial charge in [-0.1, -0.05) is 42.8 Å². The molecule has 5 rings (SSSR count). The van der Waals surface area contributed by atoms with E-state index in [4.69, 9.17) is 27.4 Å². The molecule has 3 aromatic heterocycles. The van der Waals surface area contributed by atoms with Gasteiger partial charge in [0.05, 0.1) is 28.5 Å². The molecule has 0 saturated heterocycles. The van der Waals surface area contributed by atoms with Crippen LogP contribution in [0.1, 0.15) is 24.0 Å². The van der Waals surface area contributed by atoms with Crippen molar-refractivity contribution < 1.29 is 0 Å². The summed E-state index contributed by atoms with van der Waals surface area (Å²) in [6, 6.07) is 13.0. The molecular weight excluding hydrogens is 506 g/mol. The van der Waals surface area contributed by atoms with E-state index in [1.54, 1.807) is 15.3 Å². The van der Waals surface area contributed by atoms with Gasteiger partial charge in [0.25, 0.3) is 5.56 Å². The Balaban J connectivity index is 1.73. The lowest BCUT2D eigenvalue weighted by molar-refractivity contribution is 0.599. The summed E-state index contributed by atoms with van der Waals surface area (Å²) < 4.78 is 4.05. The second kappa shape index (κ2) is 8.57. The molecule has 0 aliphatic heterocycles. The maximum Gasteiger partial charge on any atom is 0.262 e. The van der Waals surface area contributed by atoms with Gasteiger partial charge in [0.2, 0.25) is 0 Å². The zero-order valence-electron chi connectivity index (χ0n) is 17.7. The highest BCUT2D eigenvalue weighted by Gasteiger charge is 2.19. The molecule has 10 heteroatoms. The largest absolute Gasteiger partial charge is 0.383 e. The first kappa shape index (κ1) is 21.5. The molecule has 0 aliphatic carbocycles. The molecule has 0 spiro atoms. The lowest BCUT2D eigenvalue weighted by atomic mass is 10.2. The van der Waals surface area contributed by atoms with Crippen molar-refractivity contribution in [3.63, 3.8) is 0 Å². The minimum absolute atomic E-state index is 0.163. The molecule has 0 amide bonds. The second-order valence-electron chi connectivity index (χ2n) is 7.56. The van der Waals surface area contributed by atoms with Crippen LogP contribution in [0.25, 0.3) is 21.9 Å². The summed E-state index contributed by atoms with van der Waals surface area (Å²) in [4.78, 5) is 27.0. The summed E-state index contributed by atoms with van der Waals surface area (Å²) in [5.74, 6) is 0.918. The number of halogens is 2. The van der Waals surface area contributed by atoms with Crippen molar-refractivity contribution in [3.05, 3.63) is 85.7 Å². The van der Waals surface area contributed by atoms with Crippen molar-refractivity contribution in [1.29, 1.82) is 0 Å². The molecule has 33 heavy (non-hydrogen) atoms. The number of aromatic nitrogens is 6. The minimum atomic E-state index is -0.163. The number of hydrogen-bond acceptors (Lipinski definition) is 6. The number of aryl methyl sites for hydroxylation is 1. The van der Waals surface area contributed by atoms with E-state index in [0.717, 1.165) is 16.6 Å². The summed E-state index contributed by atoms with van der Waals surface area (Å²) in [5, 5.41) is 6.52. The smallest absolute Gasteiger partial charge is 0.262 e. The van der Waals surface area contributed by atoms with E-state index in [0.29, 0.717) is 44.1 Å². The van der Waals surface area contributed by atoms with E-state index >= 15 is 0 Å². The van der Waals surface area contributed by atoms with Crippen LogP contribution in [0.2, 0.25) is 5.02 Å². The quantitative estimate of drug-likeness (QED) is 0.370. The lowest BCUT2D eigenvalue weighted by Gasteiger charge is -2.15. The number of nitrogens with zero attached hydrogens (tertiary/aromatic N) is 6. The molecule has 3 heterocycles. The van der Waals surface area contributed by atoms with E-state index < -0.39 is 0 Å². The number of benzene rings is 2. The van der Waals surface area contributed by atoms with Gasteiger partial charge in [0.15, 0.2) is 5.65 Å². The molecule has 2 aromatic carbocycles. The summed E-state index contributed by atoms with van der Waals surface area (Å²) in [5.41, 5.74) is 8.77. The SMILES string of the molecule is CCc1nn(Cc2nc3cccc(Br)c3c(=O)n2Cc2ccccc2Cl)c2ncnc(N)c12. The maximum absolute atomic E-state index is 13.6. The second-order valence-corrected chi connectivity index (χ2v) is 8.82. The zero-order chi connectivity index (χ0) is 23.1. The van der Waals surface area contributed by atoms with Gasteiger partial charge < -0.3 is 5.73 Å². The zero-order valence-corrected chi connectivity index (χ0v) is 20.0. The van der Waals surface area contributed by atoms with Crippen LogP contribution in [-0.4, -0.2) is 29.3 Å². The van der Waals surface area contributed by atoms with Gasteiger partial charge >= 0.3 is 0 Å². The Morgan fingerprint density at radius 1 is 1.06 bits per heavy atom. The highest BCUT2D eigenvalue weighted by atomic mass is 79.9. The molecule has 0 bridgehead atoms. The van der Waals surface area contributed by atoms with Crippen LogP contribution in [0, 0.1) is 0 Å². The monoisotopic (exact) mass is 523 g/mol. The number of rotatable bonds is 5. The van der Waals surface area contributed by atoms with Crippen molar-refractivity contribution in [1.82, 2.24) is 29.3 Å². The fourth-order valence-corrected chi connectivity index (χ4v) is 4.67. The molecular formula is C23H19BrClN7O. The highest BCUT2D eigenvalue weighted by Crippen LogP contribution is 2.24. The third kappa shape index (κ3) is 3.77. The van der Waals surface area contributed by atoms with Crippen molar-refractivity contribution >= 4 is 55.3 Å². The predicted molar refractivity (Wildman–Crippen MR) is 132 cm³/mol. The van der Waals surface area contributed by atoms with Crippen molar-refractivity contribution in [2.75, 3.05) is 5.73 Å². The fourth-order valence-electron chi connectivity index (χ4n) is 3.95. The fraction of sp³-hybridized carbons (Fsp3) is 0.174. The highest BCUT2D eigenvalue weighted by molar-refractivity contribution is 9.10. The predicted octanol–water partition coefficient (Wildman–Crippen LogP) is 4.19. The molecule has 0 atom stereocenters. The van der Waals surface area contributed by atoms with Gasteiger partial charge in [0.1, 0.15) is 24.5 Å². The molecule has 0 radical (unpaired) electrons. The topological polar surface area (TPSA) is 105 Å². The van der Waals surface area contributed by atoms with Gasteiger partial charge in [0, 0.05) is 9.50 Å². The molecule has 5 aromatic rings. The Bertz CT molecular complexity index is 1580. The third-order valence-electron chi connectivity index (χ3n) is 5.56. The Morgan fingerprint density at radius 3 is 2.67 bits per heavy atom. The van der Waals surface area contributed by atoms with Gasteiger partial charge in [-0.05, 0) is 46.1 Å². The number of nitrogens with two attached hydrogens (primary N) is 1. The molecule has 0 fully saturated rings. The van der Waals surface area contributed by atoms with E-state index in [-0.39, 0.29) is 18.6 Å². The van der Waals surface area contributed by atoms with Crippen LogP contribution in [0.15, 0.2) is 58.1 Å². The maximum atomic E-state index is 13.6. The van der Waals surface area contributed by atoms with E-state index in [2.05, 4.69) is 25.9 Å². The average Bonchev–Trinajstić information content (AvgIpc) is 3.16. The standard InChI is InChI=1S/C23H19BrClN7O/c1-2-16-20-21(26)27-12-28-22(20)32(30-16)11-18-29-17-9-5-7-14(24)19(17)23(33)31(18)10-13-6-3-4-8-15(13)25/h3-9,12H,2,10-11H2,1H3,(H2,26,27,28). The van der Waals surface area contributed by atoms with Crippen LogP contribution < -0.4 is 11.3 Å². The van der Waals surface area contributed by atoms with Gasteiger partial charge in [-0.3, -0.25) is 9.36 Å². The van der Waals surface area contributed by atoms with E-state index in [9.17, 15) is 4.79 Å². The van der Waals surface area contributed by atoms with E-state index in [1.807, 2.05) is 43.3 Å². The first-order valence-electron chi connectivity index (χ1n) is 10.3. The number of nitrogen functional groups attached to an aromatic ring is 1. The molecule has 166 valence electrons. The molecule has 0 saturated carbocycles. The Morgan fingerprint density at radius 2 is 1.88 bits per heavy atom. The molecule has 2 N–H and O–H groups in total. The van der Waals surface area contributed by atoms with Crippen molar-refractivity contribution in [2.45, 2.75) is 26.4 Å². The van der Waals surface area contributed by atoms with E-state index in [1.165, 1.54) is 6.33 Å². The van der Waals surface area contributed by atoms with Crippen LogP contribution in [-0.2, 0) is 19.5 Å². The van der Waals surface area contributed by atoms with Crippen LogP contribution in [0.5, 0.6) is 0 Å². The van der Waals surface area contributed by atoms with Crippen LogP contribution >= 0.6 is 27.5 Å². The van der Waals surface area contributed by atoms with Crippen LogP contribution in [0.4, 0.5) is 5.82 Å². The van der Waals surface area contributed by atoms with Gasteiger partial charge in [-0.15, -0.1) is 0 Å². The first-order valence-corrected chi connectivity index (χ1v) is 11.5.